The molecule has 0 saturated heterocycles. The molecule has 0 saturated carbocycles. The van der Waals surface area contributed by atoms with Gasteiger partial charge in [-0.3, -0.25) is 4.72 Å². The average molecular weight is 299 g/mol. The van der Waals surface area contributed by atoms with E-state index in [-0.39, 0.29) is 5.75 Å². The van der Waals surface area contributed by atoms with Crippen molar-refractivity contribution in [3.05, 3.63) is 23.8 Å². The van der Waals surface area contributed by atoms with Crippen molar-refractivity contribution >= 4 is 21.7 Å². The number of benzene rings is 1. The molecule has 2 N–H and O–H groups in total. The maximum absolute atomic E-state index is 12.2. The third-order valence-corrected chi connectivity index (χ3v) is 3.10. The number of hydrogen-bond acceptors (Lipinski definition) is 4. The highest BCUT2D eigenvalue weighted by Crippen LogP contribution is 2.28. The number of carbonyl (C=O) groups is 1. The van der Waals surface area contributed by atoms with Gasteiger partial charge in [-0.15, -0.1) is 0 Å². The molecule has 1 aromatic rings. The molecular formula is C9H8F3NO5S. The van der Waals surface area contributed by atoms with Crippen LogP contribution in [0.2, 0.25) is 0 Å². The molecule has 0 fully saturated rings. The predicted octanol–water partition coefficient (Wildman–Crippen LogP) is 1.65. The van der Waals surface area contributed by atoms with Crippen LogP contribution in [-0.2, 0) is 10.0 Å². The van der Waals surface area contributed by atoms with E-state index in [1.165, 1.54) is 11.8 Å². The van der Waals surface area contributed by atoms with E-state index in [0.717, 1.165) is 18.2 Å². The van der Waals surface area contributed by atoms with Crippen molar-refractivity contribution in [3.8, 4) is 5.75 Å². The number of halogens is 3. The third-order valence-electron chi connectivity index (χ3n) is 2.01. The number of methoxy groups -OCH3 is 1. The summed E-state index contributed by atoms with van der Waals surface area (Å²) in [7, 11) is -4.46. The first-order chi connectivity index (χ1) is 8.58. The molecule has 0 heterocycles. The highest BCUT2D eigenvalue weighted by molar-refractivity contribution is 7.93. The van der Waals surface area contributed by atoms with E-state index in [0.29, 0.717) is 0 Å². The Kier molecular flexibility index (Phi) is 3.94. The molecule has 0 radical (unpaired) electrons. The maximum Gasteiger partial charge on any atom is 0.516 e. The summed E-state index contributed by atoms with van der Waals surface area (Å²) in [5, 5.41) is 8.81. The zero-order valence-electron chi connectivity index (χ0n) is 9.35. The van der Waals surface area contributed by atoms with Crippen LogP contribution in [0.25, 0.3) is 0 Å². The molecule has 1 aromatic carbocycles. The number of nitrogens with one attached hydrogen (secondary N) is 1. The molecular weight excluding hydrogens is 291 g/mol. The van der Waals surface area contributed by atoms with Crippen LogP contribution in [0.1, 0.15) is 10.4 Å². The first-order valence-electron chi connectivity index (χ1n) is 4.59. The van der Waals surface area contributed by atoms with Gasteiger partial charge in [-0.1, -0.05) is 0 Å². The van der Waals surface area contributed by atoms with Crippen molar-refractivity contribution in [2.24, 2.45) is 0 Å². The minimum Gasteiger partial charge on any atom is -0.497 e. The molecule has 106 valence electrons. The fourth-order valence-corrected chi connectivity index (χ4v) is 1.70. The molecule has 19 heavy (non-hydrogen) atoms. The lowest BCUT2D eigenvalue weighted by Crippen LogP contribution is -2.30. The number of ether oxygens (including phenoxy) is 1. The minimum absolute atomic E-state index is 0.0624. The zero-order valence-corrected chi connectivity index (χ0v) is 10.2. The predicted molar refractivity (Wildman–Crippen MR) is 58.6 cm³/mol. The van der Waals surface area contributed by atoms with E-state index in [1.807, 2.05) is 0 Å². The number of sulfonamides is 1. The highest BCUT2D eigenvalue weighted by Gasteiger charge is 2.46. The van der Waals surface area contributed by atoms with E-state index < -0.39 is 32.8 Å². The fraction of sp³-hybridized carbons (Fsp3) is 0.222. The lowest BCUT2D eigenvalue weighted by atomic mass is 10.2. The van der Waals surface area contributed by atoms with Crippen LogP contribution in [0, 0.1) is 0 Å². The van der Waals surface area contributed by atoms with E-state index in [9.17, 15) is 26.4 Å². The van der Waals surface area contributed by atoms with Crippen LogP contribution >= 0.6 is 0 Å². The Labute approximate surface area is 105 Å². The lowest BCUT2D eigenvalue weighted by Gasteiger charge is -2.13. The van der Waals surface area contributed by atoms with Crippen molar-refractivity contribution in [2.75, 3.05) is 11.8 Å². The van der Waals surface area contributed by atoms with Crippen LogP contribution in [-0.4, -0.2) is 32.1 Å². The summed E-state index contributed by atoms with van der Waals surface area (Å²) in [6.07, 6.45) is 0. The first-order valence-corrected chi connectivity index (χ1v) is 6.07. The van der Waals surface area contributed by atoms with Crippen LogP contribution in [0.15, 0.2) is 18.2 Å². The van der Waals surface area contributed by atoms with E-state index in [4.69, 9.17) is 9.84 Å². The van der Waals surface area contributed by atoms with Crippen LogP contribution < -0.4 is 9.46 Å². The third kappa shape index (κ3) is 3.28. The van der Waals surface area contributed by atoms with Gasteiger partial charge in [0.1, 0.15) is 5.75 Å². The largest absolute Gasteiger partial charge is 0.516 e. The van der Waals surface area contributed by atoms with Gasteiger partial charge in [0.15, 0.2) is 0 Å². The molecule has 0 aliphatic carbocycles. The average Bonchev–Trinajstić information content (AvgIpc) is 2.27. The van der Waals surface area contributed by atoms with Gasteiger partial charge < -0.3 is 9.84 Å². The smallest absolute Gasteiger partial charge is 0.497 e. The summed E-state index contributed by atoms with van der Waals surface area (Å²) in [5.41, 5.74) is -6.90. The standard InChI is InChI=1S/C9H8F3NO5S/c1-18-5-2-3-7(6(4-5)8(14)15)13-19(16,17)9(10,11)12/h2-4,13H,1H3,(H,14,15). The van der Waals surface area contributed by atoms with Gasteiger partial charge in [-0.25, -0.2) is 4.79 Å². The Morgan fingerprint density at radius 2 is 1.95 bits per heavy atom. The van der Waals surface area contributed by atoms with E-state index in [1.54, 1.807) is 0 Å². The second kappa shape index (κ2) is 4.96. The summed E-state index contributed by atoms with van der Waals surface area (Å²) in [5.74, 6) is -1.54. The van der Waals surface area contributed by atoms with Gasteiger partial charge in [-0.2, -0.15) is 21.6 Å². The summed E-state index contributed by atoms with van der Waals surface area (Å²) in [6.45, 7) is 0. The Balaban J connectivity index is 3.26. The number of carboxylic acid groups (broad SMARTS) is 1. The fourth-order valence-electron chi connectivity index (χ4n) is 1.12. The zero-order chi connectivity index (χ0) is 14.8. The summed E-state index contributed by atoms with van der Waals surface area (Å²) < 4.78 is 64.2. The quantitative estimate of drug-likeness (QED) is 0.882. The number of rotatable bonds is 4. The molecule has 0 aliphatic rings. The molecule has 10 heteroatoms. The normalized spacial score (nSPS) is 12.0. The van der Waals surface area contributed by atoms with Crippen molar-refractivity contribution < 1.29 is 36.2 Å². The lowest BCUT2D eigenvalue weighted by molar-refractivity contribution is -0.0429. The molecule has 0 bridgehead atoms. The maximum atomic E-state index is 12.2. The first kappa shape index (κ1) is 15.1. The number of hydrogen-bond donors (Lipinski definition) is 2. The molecule has 6 nitrogen and oxygen atoms in total. The number of anilines is 1. The highest BCUT2D eigenvalue weighted by atomic mass is 32.2. The summed E-state index contributed by atoms with van der Waals surface area (Å²) >= 11 is 0. The van der Waals surface area contributed by atoms with Gasteiger partial charge in [-0.05, 0) is 18.2 Å². The molecule has 0 atom stereocenters. The van der Waals surface area contributed by atoms with Crippen LogP contribution in [0.4, 0.5) is 18.9 Å². The monoisotopic (exact) mass is 299 g/mol. The van der Waals surface area contributed by atoms with Crippen molar-refractivity contribution in [2.45, 2.75) is 5.51 Å². The molecule has 0 unspecified atom stereocenters. The van der Waals surface area contributed by atoms with Gasteiger partial charge in [0.2, 0.25) is 0 Å². The Hall–Kier alpha value is -1.97. The minimum atomic E-state index is -5.68. The molecule has 0 amide bonds. The SMILES string of the molecule is COc1ccc(NS(=O)(=O)C(F)(F)F)c(C(=O)O)c1. The second-order valence-electron chi connectivity index (χ2n) is 3.27. The molecule has 1 rings (SSSR count). The molecule has 0 aromatic heterocycles. The van der Waals surface area contributed by atoms with Gasteiger partial charge in [0.25, 0.3) is 0 Å². The topological polar surface area (TPSA) is 92.7 Å². The Morgan fingerprint density at radius 1 is 1.37 bits per heavy atom. The second-order valence-corrected chi connectivity index (χ2v) is 4.94. The van der Waals surface area contributed by atoms with E-state index >= 15 is 0 Å². The van der Waals surface area contributed by atoms with Crippen LogP contribution in [0.5, 0.6) is 5.75 Å². The molecule has 0 aliphatic heterocycles. The summed E-state index contributed by atoms with van der Waals surface area (Å²) in [6, 6.07) is 2.89. The number of alkyl halides is 3. The van der Waals surface area contributed by atoms with Crippen molar-refractivity contribution in [1.82, 2.24) is 0 Å². The Bertz CT molecular complexity index is 596. The number of carboxylic acids is 1. The Morgan fingerprint density at radius 3 is 2.37 bits per heavy atom. The van der Waals surface area contributed by atoms with Crippen molar-refractivity contribution in [3.63, 3.8) is 0 Å². The van der Waals surface area contributed by atoms with E-state index in [2.05, 4.69) is 0 Å². The van der Waals surface area contributed by atoms with Crippen LogP contribution in [0.3, 0.4) is 0 Å². The van der Waals surface area contributed by atoms with Gasteiger partial charge >= 0.3 is 21.5 Å². The molecule has 0 spiro atoms. The van der Waals surface area contributed by atoms with Gasteiger partial charge in [0, 0.05) is 0 Å². The summed E-state index contributed by atoms with van der Waals surface area (Å²) in [4.78, 5) is 10.9. The van der Waals surface area contributed by atoms with Crippen molar-refractivity contribution in [1.29, 1.82) is 0 Å². The number of aromatic carboxylic acids is 1. The van der Waals surface area contributed by atoms with Gasteiger partial charge in [0.05, 0.1) is 18.4 Å².